The van der Waals surface area contributed by atoms with Crippen LogP contribution in [0, 0.1) is 10.5 Å². The molecule has 0 saturated carbocycles. The normalized spacial score (nSPS) is 10.8. The van der Waals surface area contributed by atoms with Crippen LogP contribution < -0.4 is 5.32 Å². The van der Waals surface area contributed by atoms with Gasteiger partial charge in [-0.25, -0.2) is 0 Å². The molecule has 0 fully saturated rings. The number of aromatic nitrogens is 2. The molecule has 0 aliphatic carbocycles. The summed E-state index contributed by atoms with van der Waals surface area (Å²) in [6.45, 7) is 6.20. The Morgan fingerprint density at radius 1 is 1.33 bits per heavy atom. The fourth-order valence-corrected chi connectivity index (χ4v) is 3.32. The second kappa shape index (κ2) is 6.58. The molecule has 5 heteroatoms. The maximum atomic E-state index is 4.30. The highest BCUT2D eigenvalue weighted by atomic mass is 127. The summed E-state index contributed by atoms with van der Waals surface area (Å²) < 4.78 is 1.27. The summed E-state index contributed by atoms with van der Waals surface area (Å²) >= 11 is 4.07. The summed E-state index contributed by atoms with van der Waals surface area (Å²) in [4.78, 5) is 0. The fraction of sp³-hybridized carbons (Fsp3) is 0.385. The quantitative estimate of drug-likeness (QED) is 0.646. The van der Waals surface area contributed by atoms with Crippen molar-refractivity contribution in [2.45, 2.75) is 20.3 Å². The molecule has 0 amide bonds. The Hall–Kier alpha value is -0.530. The van der Waals surface area contributed by atoms with Gasteiger partial charge in [0.15, 0.2) is 0 Å². The molecule has 3 nitrogen and oxygen atoms in total. The Morgan fingerprint density at radius 3 is 2.94 bits per heavy atom. The molecule has 2 aromatic rings. The molecule has 0 unspecified atom stereocenters. The lowest BCUT2D eigenvalue weighted by atomic mass is 10.1. The van der Waals surface area contributed by atoms with Crippen molar-refractivity contribution in [2.24, 2.45) is 0 Å². The molecule has 0 aliphatic heterocycles. The molecule has 18 heavy (non-hydrogen) atoms. The van der Waals surface area contributed by atoms with E-state index in [1.807, 2.05) is 0 Å². The zero-order chi connectivity index (χ0) is 13.0. The Bertz CT molecular complexity index is 525. The first-order valence-electron chi connectivity index (χ1n) is 6.01. The van der Waals surface area contributed by atoms with Crippen LogP contribution >= 0.6 is 33.9 Å². The molecule has 2 rings (SSSR count). The van der Waals surface area contributed by atoms with Crippen LogP contribution in [0.5, 0.6) is 0 Å². The molecule has 1 heterocycles. The van der Waals surface area contributed by atoms with Crippen LogP contribution in [-0.2, 0) is 6.42 Å². The van der Waals surface area contributed by atoms with E-state index in [1.54, 1.807) is 11.3 Å². The van der Waals surface area contributed by atoms with E-state index in [1.165, 1.54) is 14.7 Å². The Morgan fingerprint density at radius 2 is 2.17 bits per heavy atom. The summed E-state index contributed by atoms with van der Waals surface area (Å²) in [5, 5.41) is 14.0. The number of nitrogens with zero attached hydrogens (tertiary/aromatic N) is 2. The molecular formula is C13H16IN3S. The number of aryl methyl sites for hydroxylation is 1. The van der Waals surface area contributed by atoms with Crippen LogP contribution in [0.15, 0.2) is 18.2 Å². The van der Waals surface area contributed by atoms with Gasteiger partial charge in [-0.1, -0.05) is 36.5 Å². The van der Waals surface area contributed by atoms with Crippen molar-refractivity contribution in [3.05, 3.63) is 32.3 Å². The van der Waals surface area contributed by atoms with E-state index in [4.69, 9.17) is 0 Å². The van der Waals surface area contributed by atoms with Gasteiger partial charge in [-0.05, 0) is 41.6 Å². The third-order valence-electron chi connectivity index (χ3n) is 2.65. The van der Waals surface area contributed by atoms with Crippen LogP contribution in [0.2, 0.25) is 0 Å². The number of hydrogen-bond acceptors (Lipinski definition) is 4. The van der Waals surface area contributed by atoms with Crippen LogP contribution in [0.25, 0.3) is 10.6 Å². The molecule has 0 bridgehead atoms. The Labute approximate surface area is 125 Å². The standard InChI is InChI=1S/C13H16IN3S/c1-3-15-8-7-11-16-17-13(18-11)10-6-4-5-9(2)12(10)14/h4-6,15H,3,7-8H2,1-2H3. The van der Waals surface area contributed by atoms with Gasteiger partial charge < -0.3 is 5.32 Å². The van der Waals surface area contributed by atoms with E-state index in [2.05, 4.69) is 70.2 Å². The molecule has 96 valence electrons. The topological polar surface area (TPSA) is 37.8 Å². The lowest BCUT2D eigenvalue weighted by molar-refractivity contribution is 0.710. The van der Waals surface area contributed by atoms with Gasteiger partial charge in [0.25, 0.3) is 0 Å². The van der Waals surface area contributed by atoms with E-state index in [-0.39, 0.29) is 0 Å². The minimum atomic E-state index is 0.952. The van der Waals surface area contributed by atoms with Crippen molar-refractivity contribution in [2.75, 3.05) is 13.1 Å². The predicted octanol–water partition coefficient (Wildman–Crippen LogP) is 3.27. The fourth-order valence-electron chi connectivity index (χ4n) is 1.65. The molecule has 0 aliphatic rings. The van der Waals surface area contributed by atoms with Crippen molar-refractivity contribution in [1.82, 2.24) is 15.5 Å². The van der Waals surface area contributed by atoms with Crippen molar-refractivity contribution in [3.8, 4) is 10.6 Å². The van der Waals surface area contributed by atoms with Gasteiger partial charge in [0.2, 0.25) is 0 Å². The van der Waals surface area contributed by atoms with Crippen LogP contribution in [0.4, 0.5) is 0 Å². The summed E-state index contributed by atoms with van der Waals surface area (Å²) in [6, 6.07) is 6.31. The highest BCUT2D eigenvalue weighted by Crippen LogP contribution is 2.29. The highest BCUT2D eigenvalue weighted by Gasteiger charge is 2.10. The lowest BCUT2D eigenvalue weighted by Gasteiger charge is -2.02. The molecule has 1 aromatic carbocycles. The summed E-state index contributed by atoms with van der Waals surface area (Å²) in [7, 11) is 0. The smallest absolute Gasteiger partial charge is 0.148 e. The average Bonchev–Trinajstić information content (AvgIpc) is 2.82. The number of benzene rings is 1. The first-order valence-corrected chi connectivity index (χ1v) is 7.90. The van der Waals surface area contributed by atoms with Crippen LogP contribution in [0.1, 0.15) is 17.5 Å². The monoisotopic (exact) mass is 373 g/mol. The molecule has 0 spiro atoms. The van der Waals surface area contributed by atoms with Crippen LogP contribution in [-0.4, -0.2) is 23.3 Å². The minimum absolute atomic E-state index is 0.952. The summed E-state index contributed by atoms with van der Waals surface area (Å²) in [5.74, 6) is 0. The van der Waals surface area contributed by atoms with Crippen molar-refractivity contribution >= 4 is 33.9 Å². The van der Waals surface area contributed by atoms with Crippen molar-refractivity contribution < 1.29 is 0 Å². The molecule has 0 radical (unpaired) electrons. The molecule has 1 N–H and O–H groups in total. The zero-order valence-corrected chi connectivity index (χ0v) is 13.5. The molecular weight excluding hydrogens is 357 g/mol. The van der Waals surface area contributed by atoms with Gasteiger partial charge in [-0.3, -0.25) is 0 Å². The van der Waals surface area contributed by atoms with Crippen molar-refractivity contribution in [3.63, 3.8) is 0 Å². The molecule has 0 saturated heterocycles. The minimum Gasteiger partial charge on any atom is -0.317 e. The van der Waals surface area contributed by atoms with E-state index >= 15 is 0 Å². The number of rotatable bonds is 5. The molecule has 0 atom stereocenters. The van der Waals surface area contributed by atoms with Gasteiger partial charge in [-0.15, -0.1) is 10.2 Å². The Kier molecular flexibility index (Phi) is 5.08. The van der Waals surface area contributed by atoms with Gasteiger partial charge >= 0.3 is 0 Å². The molecule has 1 aromatic heterocycles. The summed E-state index contributed by atoms with van der Waals surface area (Å²) in [5.41, 5.74) is 2.49. The second-order valence-corrected chi connectivity index (χ2v) is 6.18. The zero-order valence-electron chi connectivity index (χ0n) is 10.5. The largest absolute Gasteiger partial charge is 0.317 e. The highest BCUT2D eigenvalue weighted by molar-refractivity contribution is 14.1. The second-order valence-electron chi connectivity index (χ2n) is 4.04. The first-order chi connectivity index (χ1) is 8.72. The third kappa shape index (κ3) is 3.27. The SMILES string of the molecule is CCNCCc1nnc(-c2cccc(C)c2I)s1. The van der Waals surface area contributed by atoms with Crippen LogP contribution in [0.3, 0.4) is 0 Å². The maximum absolute atomic E-state index is 4.30. The maximum Gasteiger partial charge on any atom is 0.148 e. The van der Waals surface area contributed by atoms with Gasteiger partial charge in [0, 0.05) is 22.1 Å². The third-order valence-corrected chi connectivity index (χ3v) is 5.10. The van der Waals surface area contributed by atoms with Gasteiger partial charge in [0.05, 0.1) is 0 Å². The number of likely N-dealkylation sites (N-methyl/N-ethyl adjacent to an activating group) is 1. The van der Waals surface area contributed by atoms with E-state index in [0.29, 0.717) is 0 Å². The summed E-state index contributed by atoms with van der Waals surface area (Å²) in [6.07, 6.45) is 0.952. The van der Waals surface area contributed by atoms with Gasteiger partial charge in [0.1, 0.15) is 10.0 Å². The first kappa shape index (κ1) is 13.9. The van der Waals surface area contributed by atoms with E-state index in [9.17, 15) is 0 Å². The number of halogens is 1. The van der Waals surface area contributed by atoms with Gasteiger partial charge in [-0.2, -0.15) is 0 Å². The lowest BCUT2D eigenvalue weighted by Crippen LogP contribution is -2.15. The van der Waals surface area contributed by atoms with E-state index in [0.717, 1.165) is 29.5 Å². The number of nitrogens with one attached hydrogen (secondary N) is 1. The predicted molar refractivity (Wildman–Crippen MR) is 85.0 cm³/mol. The number of hydrogen-bond donors (Lipinski definition) is 1. The van der Waals surface area contributed by atoms with Crippen molar-refractivity contribution in [1.29, 1.82) is 0 Å². The Balaban J connectivity index is 2.16. The average molecular weight is 373 g/mol. The van der Waals surface area contributed by atoms with E-state index < -0.39 is 0 Å².